The van der Waals surface area contributed by atoms with E-state index >= 15 is 0 Å². The first kappa shape index (κ1) is 32.2. The second kappa shape index (κ2) is 13.3. The molecule has 0 atom stereocenters. The zero-order valence-corrected chi connectivity index (χ0v) is 30.9. The average Bonchev–Trinajstić information content (AvgIpc) is 3.85. The predicted molar refractivity (Wildman–Crippen MR) is 233 cm³/mol. The van der Waals surface area contributed by atoms with E-state index in [1.165, 1.54) is 42.4 Å². The van der Waals surface area contributed by atoms with Crippen molar-refractivity contribution in [2.45, 2.75) is 0 Å². The van der Waals surface area contributed by atoms with E-state index in [9.17, 15) is 0 Å². The van der Waals surface area contributed by atoms with Gasteiger partial charge in [0, 0.05) is 53.2 Å². The molecule has 0 unspecified atom stereocenters. The Balaban J connectivity index is 1.05. The molecule has 0 aliphatic heterocycles. The molecule has 3 heterocycles. The van der Waals surface area contributed by atoms with Gasteiger partial charge in [-0.05, 0) is 70.3 Å². The first-order valence-corrected chi connectivity index (χ1v) is 19.5. The standard InChI is InChI=1S/C51H31N3OS/c1-4-13-32(14-5-1)35-19-10-20-36(29-35)40-22-11-23-42-41-27-25-38(31-44(41)55-48(40)42)51-53-49(34-17-8-3-9-18-34)52-50(54-51)37-26-28-45-43(30-37)47-39(21-12-24-46(47)56-45)33-15-6-2-7-16-33/h1-31H. The molecule has 0 aliphatic rings. The van der Waals surface area contributed by atoms with Crippen molar-refractivity contribution in [3.05, 3.63) is 188 Å². The Morgan fingerprint density at radius 3 is 1.70 bits per heavy atom. The van der Waals surface area contributed by atoms with Crippen LogP contribution in [-0.2, 0) is 0 Å². The van der Waals surface area contributed by atoms with Gasteiger partial charge in [-0.15, -0.1) is 11.3 Å². The summed E-state index contributed by atoms with van der Waals surface area (Å²) in [5, 5.41) is 4.56. The number of aromatic nitrogens is 3. The highest BCUT2D eigenvalue weighted by Crippen LogP contribution is 2.42. The largest absolute Gasteiger partial charge is 0.455 e. The molecule has 0 fully saturated rings. The minimum Gasteiger partial charge on any atom is -0.455 e. The fourth-order valence-corrected chi connectivity index (χ4v) is 8.95. The Labute approximate surface area is 327 Å². The number of nitrogens with zero attached hydrogens (tertiary/aromatic N) is 3. The van der Waals surface area contributed by atoms with Crippen molar-refractivity contribution in [3.63, 3.8) is 0 Å². The van der Waals surface area contributed by atoms with Crippen LogP contribution in [-0.4, -0.2) is 15.0 Å². The van der Waals surface area contributed by atoms with Gasteiger partial charge in [0.25, 0.3) is 0 Å². The second-order valence-electron chi connectivity index (χ2n) is 14.0. The van der Waals surface area contributed by atoms with Crippen molar-refractivity contribution in [1.82, 2.24) is 15.0 Å². The van der Waals surface area contributed by atoms with Crippen LogP contribution in [0.25, 0.3) is 110 Å². The maximum Gasteiger partial charge on any atom is 0.164 e. The van der Waals surface area contributed by atoms with Crippen LogP contribution in [0.2, 0.25) is 0 Å². The molecule has 5 heteroatoms. The first-order valence-electron chi connectivity index (χ1n) is 18.7. The van der Waals surface area contributed by atoms with Crippen LogP contribution in [0.1, 0.15) is 0 Å². The van der Waals surface area contributed by atoms with E-state index in [1.807, 2.05) is 47.7 Å². The van der Waals surface area contributed by atoms with Crippen LogP contribution in [0, 0.1) is 0 Å². The van der Waals surface area contributed by atoms with E-state index in [0.717, 1.165) is 49.8 Å². The highest BCUT2D eigenvalue weighted by Gasteiger charge is 2.18. The van der Waals surface area contributed by atoms with Gasteiger partial charge in [-0.25, -0.2) is 15.0 Å². The van der Waals surface area contributed by atoms with Crippen LogP contribution in [0.15, 0.2) is 192 Å². The molecule has 0 amide bonds. The van der Waals surface area contributed by atoms with Crippen molar-refractivity contribution in [2.75, 3.05) is 0 Å². The van der Waals surface area contributed by atoms with Gasteiger partial charge in [0.15, 0.2) is 17.5 Å². The monoisotopic (exact) mass is 733 g/mol. The van der Waals surface area contributed by atoms with Crippen molar-refractivity contribution in [3.8, 4) is 67.5 Å². The van der Waals surface area contributed by atoms with Crippen molar-refractivity contribution in [1.29, 1.82) is 0 Å². The molecule has 4 nitrogen and oxygen atoms in total. The maximum atomic E-state index is 6.73. The highest BCUT2D eigenvalue weighted by molar-refractivity contribution is 7.26. The molecule has 11 rings (SSSR count). The first-order chi connectivity index (χ1) is 27.7. The third-order valence-corrected chi connectivity index (χ3v) is 11.7. The lowest BCUT2D eigenvalue weighted by Gasteiger charge is -2.09. The minimum absolute atomic E-state index is 0.590. The summed E-state index contributed by atoms with van der Waals surface area (Å²) in [5.74, 6) is 1.83. The smallest absolute Gasteiger partial charge is 0.164 e. The summed E-state index contributed by atoms with van der Waals surface area (Å²) < 4.78 is 9.22. The van der Waals surface area contributed by atoms with Crippen molar-refractivity contribution < 1.29 is 4.42 Å². The van der Waals surface area contributed by atoms with Crippen LogP contribution in [0.3, 0.4) is 0 Å². The molecule has 56 heavy (non-hydrogen) atoms. The number of rotatable bonds is 6. The average molecular weight is 734 g/mol. The fraction of sp³-hybridized carbons (Fsp3) is 0. The lowest BCUT2D eigenvalue weighted by atomic mass is 9.97. The molecule has 0 radical (unpaired) electrons. The number of thiophene rings is 1. The van der Waals surface area contributed by atoms with Gasteiger partial charge < -0.3 is 4.42 Å². The summed E-state index contributed by atoms with van der Waals surface area (Å²) >= 11 is 1.81. The number of furan rings is 1. The van der Waals surface area contributed by atoms with E-state index in [-0.39, 0.29) is 0 Å². The van der Waals surface area contributed by atoms with Gasteiger partial charge >= 0.3 is 0 Å². The molecule has 0 saturated carbocycles. The molecule has 0 N–H and O–H groups in total. The van der Waals surface area contributed by atoms with Gasteiger partial charge in [0.05, 0.1) is 0 Å². The van der Waals surface area contributed by atoms with Crippen LogP contribution in [0.5, 0.6) is 0 Å². The summed E-state index contributed by atoms with van der Waals surface area (Å²) in [6.45, 7) is 0. The van der Waals surface area contributed by atoms with Crippen molar-refractivity contribution >= 4 is 53.4 Å². The van der Waals surface area contributed by atoms with E-state index in [0.29, 0.717) is 17.5 Å². The number of fused-ring (bicyclic) bond motifs is 6. The lowest BCUT2D eigenvalue weighted by molar-refractivity contribution is 0.670. The number of hydrogen-bond donors (Lipinski definition) is 0. The number of hydrogen-bond acceptors (Lipinski definition) is 5. The zero-order chi connectivity index (χ0) is 37.0. The molecular weight excluding hydrogens is 703 g/mol. The SMILES string of the molecule is c1ccc(-c2cccc(-c3cccc4c3oc3cc(-c5nc(-c6ccccc6)nc(-c6ccc7sc8cccc(-c9ccccc9)c8c7c6)n5)ccc34)c2)cc1. The molecule has 262 valence electrons. The van der Waals surface area contributed by atoms with Crippen LogP contribution < -0.4 is 0 Å². The Morgan fingerprint density at radius 1 is 0.339 bits per heavy atom. The molecule has 0 aliphatic carbocycles. The third-order valence-electron chi connectivity index (χ3n) is 10.5. The quantitative estimate of drug-likeness (QED) is 0.171. The number of benzene rings is 8. The predicted octanol–water partition coefficient (Wildman–Crippen LogP) is 14.1. The fourth-order valence-electron chi connectivity index (χ4n) is 7.84. The zero-order valence-electron chi connectivity index (χ0n) is 30.1. The lowest BCUT2D eigenvalue weighted by Crippen LogP contribution is -2.00. The van der Waals surface area contributed by atoms with Gasteiger partial charge in [-0.2, -0.15) is 0 Å². The van der Waals surface area contributed by atoms with Crippen LogP contribution in [0.4, 0.5) is 0 Å². The molecule has 11 aromatic rings. The molecule has 0 saturated heterocycles. The van der Waals surface area contributed by atoms with Gasteiger partial charge in [0.1, 0.15) is 11.2 Å². The van der Waals surface area contributed by atoms with E-state index in [2.05, 4.69) is 152 Å². The van der Waals surface area contributed by atoms with E-state index in [1.54, 1.807) is 0 Å². The van der Waals surface area contributed by atoms with Gasteiger partial charge in [-0.1, -0.05) is 146 Å². The van der Waals surface area contributed by atoms with Crippen molar-refractivity contribution in [2.24, 2.45) is 0 Å². The molecule has 0 bridgehead atoms. The highest BCUT2D eigenvalue weighted by atomic mass is 32.1. The Morgan fingerprint density at radius 2 is 0.929 bits per heavy atom. The maximum absolute atomic E-state index is 6.73. The van der Waals surface area contributed by atoms with Gasteiger partial charge in [0.2, 0.25) is 0 Å². The molecule has 8 aromatic carbocycles. The summed E-state index contributed by atoms with van der Waals surface area (Å²) in [4.78, 5) is 15.3. The van der Waals surface area contributed by atoms with Gasteiger partial charge in [-0.3, -0.25) is 0 Å². The van der Waals surface area contributed by atoms with Crippen LogP contribution >= 0.6 is 11.3 Å². The summed E-state index contributed by atoms with van der Waals surface area (Å²) in [6, 6.07) is 65.6. The van der Waals surface area contributed by atoms with E-state index < -0.39 is 0 Å². The summed E-state index contributed by atoms with van der Waals surface area (Å²) in [5.41, 5.74) is 11.3. The summed E-state index contributed by atoms with van der Waals surface area (Å²) in [7, 11) is 0. The summed E-state index contributed by atoms with van der Waals surface area (Å²) in [6.07, 6.45) is 0. The molecule has 3 aromatic heterocycles. The minimum atomic E-state index is 0.590. The Bertz CT molecular complexity index is 3240. The number of para-hydroxylation sites is 1. The third kappa shape index (κ3) is 5.56. The second-order valence-corrected chi connectivity index (χ2v) is 15.1. The molecular formula is C51H31N3OS. The molecule has 0 spiro atoms. The topological polar surface area (TPSA) is 51.8 Å². The normalized spacial score (nSPS) is 11.6. The Hall–Kier alpha value is -7.21. The Kier molecular flexibility index (Phi) is 7.64. The van der Waals surface area contributed by atoms with E-state index in [4.69, 9.17) is 19.4 Å².